The van der Waals surface area contributed by atoms with Gasteiger partial charge in [0.05, 0.1) is 44.5 Å². The molecule has 26 rings (SSSR count). The smallest absolute Gasteiger partial charge is 0.238 e. The molecule has 0 unspecified atom stereocenters. The van der Waals surface area contributed by atoms with Crippen molar-refractivity contribution in [1.82, 2.24) is 29.1 Å². The van der Waals surface area contributed by atoms with Crippen LogP contribution < -0.4 is 0 Å². The van der Waals surface area contributed by atoms with Crippen LogP contribution >= 0.6 is 0 Å². The molecule has 7 aromatic heterocycles. The van der Waals surface area contributed by atoms with Crippen LogP contribution in [0.1, 0.15) is 25.1 Å². The SMILES string of the molecule is CC1(C)c2ccc(-c3ccc4c(c3)c3ccccc3c3ccc5c(c6cc7ccccc7cc6n5-c5nc(-c6ccc7c(c6)oc6ccccc67)c6c(n5)oc5ccccc56)c34)cc2-c2c(-c3ccc4c(c3)oc3ccccc34)nc(-n3c4cc5ccccc5cc4c4c5c6ccccc6c6ccccc6c5ccc43)nc21. The topological polar surface area (TPSA) is 101 Å². The van der Waals surface area contributed by atoms with Crippen LogP contribution in [-0.2, 0) is 5.41 Å². The number of hydrogen-bond donors (Lipinski definition) is 0. The van der Waals surface area contributed by atoms with E-state index in [1.54, 1.807) is 0 Å². The number of hydrogen-bond acceptors (Lipinski definition) is 7. The summed E-state index contributed by atoms with van der Waals surface area (Å²) in [7, 11) is 0. The second-order valence-electron chi connectivity index (χ2n) is 31.0. The Morgan fingerprint density at radius 2 is 0.643 bits per heavy atom. The van der Waals surface area contributed by atoms with E-state index in [1.165, 1.54) is 59.4 Å². The van der Waals surface area contributed by atoms with Crippen molar-refractivity contribution < 1.29 is 13.3 Å². The molecule has 1 aliphatic carbocycles. The number of para-hydroxylation sites is 3. The van der Waals surface area contributed by atoms with E-state index in [0.717, 1.165) is 187 Å². The molecule has 9 nitrogen and oxygen atoms in total. The number of nitrogens with zero attached hydrogens (tertiary/aromatic N) is 6. The maximum atomic E-state index is 6.80. The predicted molar refractivity (Wildman–Crippen MR) is 462 cm³/mol. The molecule has 7 heterocycles. The first kappa shape index (κ1) is 60.2. The lowest BCUT2D eigenvalue weighted by Crippen LogP contribution is -2.18. The van der Waals surface area contributed by atoms with Crippen molar-refractivity contribution in [1.29, 1.82) is 0 Å². The van der Waals surface area contributed by atoms with Crippen LogP contribution in [0.25, 0.3) is 252 Å². The van der Waals surface area contributed by atoms with Crippen molar-refractivity contribution in [2.45, 2.75) is 19.3 Å². The summed E-state index contributed by atoms with van der Waals surface area (Å²) in [6, 6.07) is 115. The Kier molecular flexibility index (Phi) is 11.7. The largest absolute Gasteiger partial charge is 0.456 e. The highest BCUT2D eigenvalue weighted by Crippen LogP contribution is 2.55. The number of benzene rings is 18. The minimum atomic E-state index is -0.561. The second-order valence-corrected chi connectivity index (χ2v) is 31.0. The first-order valence-corrected chi connectivity index (χ1v) is 38.3. The highest BCUT2D eigenvalue weighted by Gasteiger charge is 2.41. The van der Waals surface area contributed by atoms with Crippen molar-refractivity contribution >= 4 is 196 Å². The van der Waals surface area contributed by atoms with Gasteiger partial charge in [0.2, 0.25) is 17.6 Å². The van der Waals surface area contributed by atoms with Gasteiger partial charge in [0, 0.05) is 81.4 Å². The summed E-state index contributed by atoms with van der Waals surface area (Å²) < 4.78 is 24.7. The minimum absolute atomic E-state index is 0.506. The number of furan rings is 3. The lowest BCUT2D eigenvalue weighted by Gasteiger charge is -2.21. The third-order valence-corrected chi connectivity index (χ3v) is 24.8. The Balaban J connectivity index is 0.698. The summed E-state index contributed by atoms with van der Waals surface area (Å²) in [4.78, 5) is 23.2. The summed E-state index contributed by atoms with van der Waals surface area (Å²) in [5, 5.41) is 29.5. The fourth-order valence-electron chi connectivity index (χ4n) is 19.8. The monoisotopic (exact) mass is 1430 g/mol. The zero-order valence-corrected chi connectivity index (χ0v) is 60.4. The predicted octanol–water partition coefficient (Wildman–Crippen LogP) is 27.7. The van der Waals surface area contributed by atoms with E-state index >= 15 is 0 Å². The summed E-state index contributed by atoms with van der Waals surface area (Å²) in [5.74, 6) is 1.12. The molecule has 0 fully saturated rings. The molecule has 25 aromatic rings. The van der Waals surface area contributed by atoms with Gasteiger partial charge >= 0.3 is 0 Å². The highest BCUT2D eigenvalue weighted by molar-refractivity contribution is 6.38. The zero-order valence-electron chi connectivity index (χ0n) is 60.4. The van der Waals surface area contributed by atoms with E-state index in [-0.39, 0.29) is 0 Å². The summed E-state index contributed by atoms with van der Waals surface area (Å²) in [5.41, 5.74) is 17.9. The van der Waals surface area contributed by atoms with Gasteiger partial charge in [-0.05, 0) is 189 Å². The molecule has 0 spiro atoms. The molecule has 0 bridgehead atoms. The van der Waals surface area contributed by atoms with Gasteiger partial charge in [-0.3, -0.25) is 9.13 Å². The Labute approximate surface area is 636 Å². The highest BCUT2D eigenvalue weighted by atomic mass is 16.3. The molecule has 518 valence electrons. The summed E-state index contributed by atoms with van der Waals surface area (Å²) >= 11 is 0. The molecular weight excluding hydrogens is 1370 g/mol. The fourth-order valence-corrected chi connectivity index (χ4v) is 19.8. The normalized spacial score (nSPS) is 13.2. The lowest BCUT2D eigenvalue weighted by molar-refractivity contribution is 0.632. The molecular formula is C103H58N6O3. The van der Waals surface area contributed by atoms with Crippen LogP contribution in [0.4, 0.5) is 0 Å². The van der Waals surface area contributed by atoms with Crippen LogP contribution in [-0.4, -0.2) is 29.1 Å². The first-order valence-electron chi connectivity index (χ1n) is 38.3. The summed E-state index contributed by atoms with van der Waals surface area (Å²) in [6.07, 6.45) is 0. The van der Waals surface area contributed by atoms with Gasteiger partial charge in [0.25, 0.3) is 0 Å². The van der Waals surface area contributed by atoms with Gasteiger partial charge in [-0.15, -0.1) is 0 Å². The molecule has 112 heavy (non-hydrogen) atoms. The second kappa shape index (κ2) is 21.8. The van der Waals surface area contributed by atoms with Crippen LogP contribution in [0, 0.1) is 0 Å². The molecule has 0 saturated heterocycles. The van der Waals surface area contributed by atoms with Gasteiger partial charge in [-0.2, -0.15) is 4.98 Å². The van der Waals surface area contributed by atoms with Gasteiger partial charge in [-0.25, -0.2) is 15.0 Å². The fraction of sp³-hybridized carbons (Fsp3) is 0.0291. The van der Waals surface area contributed by atoms with E-state index in [4.69, 9.17) is 33.2 Å². The van der Waals surface area contributed by atoms with Gasteiger partial charge in [0.15, 0.2) is 0 Å². The zero-order chi connectivity index (χ0) is 73.1. The average Bonchev–Trinajstić information content (AvgIpc) is 1.51. The molecule has 0 N–H and O–H groups in total. The third-order valence-electron chi connectivity index (χ3n) is 24.8. The number of fused-ring (bicyclic) bond motifs is 34. The van der Waals surface area contributed by atoms with E-state index in [2.05, 4.69) is 302 Å². The maximum absolute atomic E-state index is 6.80. The number of aromatic nitrogens is 6. The standard InChI is InChI=1S/C103H58N6O3/c1-103(2)81-44-38-60(48-78(81)95-97(61-36-39-70-68-28-13-16-32-86(68)110-89(70)53-61)104-101(106-99(95)103)108-82-45-42-73-65-25-8-7-23-63(65)64-24-11-12-30-72(64)91(73)93(82)79-49-55-19-3-5-21-57(55)51-84(79)108)59-35-41-75-77(47-59)67-27-10-9-26-66(67)74-43-46-83-94(92(74)75)80-50-56-20-4-6-22-58(56)52-85(80)109(83)102-105-98(96-76-31-15-18-34-88(76)112-100(96)107-102)62-37-40-71-69-29-14-17-33-87(69)111-90(71)54-62/h3-54H,1-2H3. The van der Waals surface area contributed by atoms with Crippen LogP contribution in [0.15, 0.2) is 329 Å². The van der Waals surface area contributed by atoms with E-state index in [0.29, 0.717) is 17.6 Å². The Morgan fingerprint density at radius 1 is 0.250 bits per heavy atom. The minimum Gasteiger partial charge on any atom is -0.456 e. The van der Waals surface area contributed by atoms with Crippen LogP contribution in [0.5, 0.6) is 0 Å². The molecule has 0 atom stereocenters. The Bertz CT molecular complexity index is 8610. The molecule has 0 amide bonds. The first-order chi connectivity index (χ1) is 55.3. The van der Waals surface area contributed by atoms with Crippen LogP contribution in [0.3, 0.4) is 0 Å². The molecule has 9 heteroatoms. The molecule has 0 aliphatic heterocycles. The average molecular weight is 1430 g/mol. The van der Waals surface area contributed by atoms with Crippen molar-refractivity contribution in [3.05, 3.63) is 327 Å². The van der Waals surface area contributed by atoms with Crippen molar-refractivity contribution in [3.63, 3.8) is 0 Å². The van der Waals surface area contributed by atoms with Crippen molar-refractivity contribution in [2.24, 2.45) is 0 Å². The summed E-state index contributed by atoms with van der Waals surface area (Å²) in [6.45, 7) is 4.67. The van der Waals surface area contributed by atoms with Gasteiger partial charge in [-0.1, -0.05) is 238 Å². The number of rotatable bonds is 5. The van der Waals surface area contributed by atoms with E-state index in [9.17, 15) is 0 Å². The molecule has 0 saturated carbocycles. The van der Waals surface area contributed by atoms with Gasteiger partial charge in [0.1, 0.15) is 27.9 Å². The molecule has 1 aliphatic rings. The third kappa shape index (κ3) is 8.09. The van der Waals surface area contributed by atoms with E-state index < -0.39 is 5.41 Å². The van der Waals surface area contributed by atoms with Crippen molar-refractivity contribution in [3.8, 4) is 56.7 Å². The van der Waals surface area contributed by atoms with Gasteiger partial charge < -0.3 is 13.3 Å². The molecule has 0 radical (unpaired) electrons. The lowest BCUT2D eigenvalue weighted by atomic mass is 9.84. The van der Waals surface area contributed by atoms with Crippen molar-refractivity contribution in [2.75, 3.05) is 0 Å². The maximum Gasteiger partial charge on any atom is 0.238 e. The van der Waals surface area contributed by atoms with Crippen LogP contribution in [0.2, 0.25) is 0 Å². The Morgan fingerprint density at radius 3 is 1.21 bits per heavy atom. The quantitative estimate of drug-likeness (QED) is 0.158. The molecule has 18 aromatic carbocycles. The Hall–Kier alpha value is -14.8. The van der Waals surface area contributed by atoms with E-state index in [1.807, 2.05) is 36.4 Å².